The lowest BCUT2D eigenvalue weighted by Crippen LogP contribution is -2.01. The van der Waals surface area contributed by atoms with E-state index in [4.69, 9.17) is 4.74 Å². The number of methoxy groups -OCH3 is 1. The fourth-order valence-electron chi connectivity index (χ4n) is 1.90. The number of unbranched alkanes of at least 4 members (excludes halogenated alkanes) is 4. The Labute approximate surface area is 104 Å². The Bertz CT molecular complexity index is 345. The molecule has 0 aliphatic rings. The zero-order chi connectivity index (χ0) is 12.5. The highest BCUT2D eigenvalue weighted by atomic mass is 16.5. The number of esters is 1. The summed E-state index contributed by atoms with van der Waals surface area (Å²) in [7, 11) is 1.42. The Kier molecular flexibility index (Phi) is 6.38. The Morgan fingerprint density at radius 1 is 1.18 bits per heavy atom. The number of benzene rings is 1. The fraction of sp³-hybridized carbons (Fsp3) is 0.533. The summed E-state index contributed by atoms with van der Waals surface area (Å²) in [6.07, 6.45) is 7.43. The van der Waals surface area contributed by atoms with Gasteiger partial charge in [0, 0.05) is 0 Å². The van der Waals surface area contributed by atoms with Crippen LogP contribution in [-0.2, 0) is 11.2 Å². The summed E-state index contributed by atoms with van der Waals surface area (Å²) < 4.78 is 4.71. The molecule has 0 aliphatic carbocycles. The molecular weight excluding hydrogens is 212 g/mol. The molecule has 94 valence electrons. The van der Waals surface area contributed by atoms with E-state index >= 15 is 0 Å². The van der Waals surface area contributed by atoms with Crippen LogP contribution in [0.15, 0.2) is 24.3 Å². The highest BCUT2D eigenvalue weighted by Crippen LogP contribution is 2.11. The van der Waals surface area contributed by atoms with E-state index < -0.39 is 0 Å². The Morgan fingerprint density at radius 3 is 2.65 bits per heavy atom. The van der Waals surface area contributed by atoms with E-state index in [1.54, 1.807) is 6.07 Å². The fourth-order valence-corrected chi connectivity index (χ4v) is 1.90. The molecule has 0 atom stereocenters. The molecule has 1 aromatic carbocycles. The van der Waals surface area contributed by atoms with Crippen molar-refractivity contribution in [1.82, 2.24) is 0 Å². The minimum absolute atomic E-state index is 0.252. The van der Waals surface area contributed by atoms with Gasteiger partial charge in [-0.25, -0.2) is 4.79 Å². The maximum atomic E-state index is 11.4. The predicted molar refractivity (Wildman–Crippen MR) is 70.2 cm³/mol. The molecule has 2 heteroatoms. The first kappa shape index (κ1) is 13.8. The molecule has 2 nitrogen and oxygen atoms in total. The van der Waals surface area contributed by atoms with Crippen molar-refractivity contribution in [3.63, 3.8) is 0 Å². The van der Waals surface area contributed by atoms with E-state index in [1.165, 1.54) is 44.8 Å². The average molecular weight is 234 g/mol. The molecule has 0 saturated carbocycles. The first-order valence-corrected chi connectivity index (χ1v) is 6.45. The topological polar surface area (TPSA) is 26.3 Å². The quantitative estimate of drug-likeness (QED) is 0.527. The molecule has 0 aliphatic heterocycles. The molecule has 0 heterocycles. The van der Waals surface area contributed by atoms with Crippen LogP contribution in [0, 0.1) is 0 Å². The molecule has 1 rings (SSSR count). The van der Waals surface area contributed by atoms with E-state index in [2.05, 4.69) is 13.0 Å². The summed E-state index contributed by atoms with van der Waals surface area (Å²) in [6.45, 7) is 2.22. The lowest BCUT2D eigenvalue weighted by Gasteiger charge is -2.04. The molecule has 0 unspecified atom stereocenters. The number of ether oxygens (including phenoxy) is 1. The number of hydrogen-bond acceptors (Lipinski definition) is 2. The third kappa shape index (κ3) is 5.03. The molecule has 0 amide bonds. The molecular formula is C15H22O2. The lowest BCUT2D eigenvalue weighted by molar-refractivity contribution is 0.0600. The maximum Gasteiger partial charge on any atom is 0.337 e. The van der Waals surface area contributed by atoms with E-state index in [0.717, 1.165) is 6.42 Å². The molecule has 0 N–H and O–H groups in total. The molecule has 0 fully saturated rings. The normalized spacial score (nSPS) is 10.2. The van der Waals surface area contributed by atoms with Crippen LogP contribution in [0.25, 0.3) is 0 Å². The van der Waals surface area contributed by atoms with Crippen LogP contribution in [0.4, 0.5) is 0 Å². The van der Waals surface area contributed by atoms with Crippen LogP contribution in [0.5, 0.6) is 0 Å². The number of carbonyl (C=O) groups excluding carboxylic acids is 1. The van der Waals surface area contributed by atoms with E-state index in [-0.39, 0.29) is 5.97 Å². The van der Waals surface area contributed by atoms with Gasteiger partial charge >= 0.3 is 5.97 Å². The van der Waals surface area contributed by atoms with Gasteiger partial charge in [-0.2, -0.15) is 0 Å². The van der Waals surface area contributed by atoms with E-state index in [9.17, 15) is 4.79 Å². The molecule has 0 aromatic heterocycles. The van der Waals surface area contributed by atoms with Gasteiger partial charge in [-0.3, -0.25) is 0 Å². The van der Waals surface area contributed by atoms with Crippen molar-refractivity contribution < 1.29 is 9.53 Å². The van der Waals surface area contributed by atoms with Gasteiger partial charge in [-0.15, -0.1) is 0 Å². The van der Waals surface area contributed by atoms with Crippen molar-refractivity contribution in [1.29, 1.82) is 0 Å². The van der Waals surface area contributed by atoms with Gasteiger partial charge in [0.25, 0.3) is 0 Å². The third-order valence-corrected chi connectivity index (χ3v) is 2.92. The van der Waals surface area contributed by atoms with E-state index in [1.807, 2.05) is 12.1 Å². The predicted octanol–water partition coefficient (Wildman–Crippen LogP) is 3.99. The molecule has 0 bridgehead atoms. The van der Waals surface area contributed by atoms with Crippen molar-refractivity contribution in [3.05, 3.63) is 35.4 Å². The van der Waals surface area contributed by atoms with Gasteiger partial charge in [-0.1, -0.05) is 44.7 Å². The minimum Gasteiger partial charge on any atom is -0.465 e. The minimum atomic E-state index is -0.252. The Hall–Kier alpha value is -1.31. The van der Waals surface area contributed by atoms with Crippen molar-refractivity contribution in [2.45, 2.75) is 45.4 Å². The molecule has 17 heavy (non-hydrogen) atoms. The summed E-state index contributed by atoms with van der Waals surface area (Å²) >= 11 is 0. The van der Waals surface area contributed by atoms with Gasteiger partial charge in [0.1, 0.15) is 0 Å². The van der Waals surface area contributed by atoms with Crippen LogP contribution in [-0.4, -0.2) is 13.1 Å². The standard InChI is InChI=1S/C15H22O2/c1-3-4-5-6-7-9-13-10-8-11-14(12-13)15(16)17-2/h8,10-12H,3-7,9H2,1-2H3. The lowest BCUT2D eigenvalue weighted by atomic mass is 10.0. The Morgan fingerprint density at radius 2 is 1.94 bits per heavy atom. The van der Waals surface area contributed by atoms with Crippen molar-refractivity contribution in [2.24, 2.45) is 0 Å². The highest BCUT2D eigenvalue weighted by molar-refractivity contribution is 5.89. The van der Waals surface area contributed by atoms with Gasteiger partial charge in [0.2, 0.25) is 0 Å². The van der Waals surface area contributed by atoms with Crippen LogP contribution < -0.4 is 0 Å². The number of hydrogen-bond donors (Lipinski definition) is 0. The summed E-state index contributed by atoms with van der Waals surface area (Å²) in [6, 6.07) is 7.73. The summed E-state index contributed by atoms with van der Waals surface area (Å²) in [5.74, 6) is -0.252. The molecule has 0 radical (unpaired) electrons. The van der Waals surface area contributed by atoms with Gasteiger partial charge in [0.05, 0.1) is 12.7 Å². The van der Waals surface area contributed by atoms with Crippen LogP contribution in [0.2, 0.25) is 0 Å². The zero-order valence-electron chi connectivity index (χ0n) is 10.9. The van der Waals surface area contributed by atoms with E-state index in [0.29, 0.717) is 5.56 Å². The van der Waals surface area contributed by atoms with Gasteiger partial charge < -0.3 is 4.74 Å². The summed E-state index contributed by atoms with van der Waals surface area (Å²) in [4.78, 5) is 11.4. The number of rotatable bonds is 7. The summed E-state index contributed by atoms with van der Waals surface area (Å²) in [5, 5.41) is 0. The van der Waals surface area contributed by atoms with Crippen LogP contribution in [0.3, 0.4) is 0 Å². The maximum absolute atomic E-state index is 11.4. The smallest absolute Gasteiger partial charge is 0.337 e. The van der Waals surface area contributed by atoms with Crippen molar-refractivity contribution in [2.75, 3.05) is 7.11 Å². The largest absolute Gasteiger partial charge is 0.465 e. The second-order valence-electron chi connectivity index (χ2n) is 4.36. The second-order valence-corrected chi connectivity index (χ2v) is 4.36. The second kappa shape index (κ2) is 7.88. The van der Waals surface area contributed by atoms with Crippen molar-refractivity contribution >= 4 is 5.97 Å². The zero-order valence-corrected chi connectivity index (χ0v) is 10.9. The first-order chi connectivity index (χ1) is 8.27. The highest BCUT2D eigenvalue weighted by Gasteiger charge is 2.05. The molecule has 1 aromatic rings. The number of carbonyl (C=O) groups is 1. The molecule has 0 saturated heterocycles. The van der Waals surface area contributed by atoms with Crippen molar-refractivity contribution in [3.8, 4) is 0 Å². The summed E-state index contributed by atoms with van der Waals surface area (Å²) in [5.41, 5.74) is 1.88. The van der Waals surface area contributed by atoms with Crippen LogP contribution >= 0.6 is 0 Å². The third-order valence-electron chi connectivity index (χ3n) is 2.92. The average Bonchev–Trinajstić information content (AvgIpc) is 2.38. The van der Waals surface area contributed by atoms with Crippen LogP contribution in [0.1, 0.15) is 54.9 Å². The first-order valence-electron chi connectivity index (χ1n) is 6.45. The molecule has 0 spiro atoms. The number of aryl methyl sites for hydroxylation is 1. The van der Waals surface area contributed by atoms with Gasteiger partial charge in [-0.05, 0) is 30.5 Å². The van der Waals surface area contributed by atoms with Gasteiger partial charge in [0.15, 0.2) is 0 Å². The SMILES string of the molecule is CCCCCCCc1cccc(C(=O)OC)c1. The Balaban J connectivity index is 2.40. The monoisotopic (exact) mass is 234 g/mol.